The van der Waals surface area contributed by atoms with Gasteiger partial charge in [-0.05, 0) is 66.8 Å². The van der Waals surface area contributed by atoms with E-state index in [1.165, 1.54) is 40.7 Å². The molecule has 0 bridgehead atoms. The fraction of sp³-hybridized carbons (Fsp3) is 0.348. The van der Waals surface area contributed by atoms with Crippen molar-refractivity contribution < 1.29 is 30.8 Å². The van der Waals surface area contributed by atoms with Crippen LogP contribution in [0.25, 0.3) is 11.5 Å². The van der Waals surface area contributed by atoms with Crippen LogP contribution in [0.4, 0.5) is 18.9 Å². The van der Waals surface area contributed by atoms with Crippen molar-refractivity contribution in [1.29, 1.82) is 0 Å². The minimum absolute atomic E-state index is 0.115. The molecular formula is C23H23F3N4O4S. The van der Waals surface area contributed by atoms with Gasteiger partial charge >= 0.3 is 18.0 Å². The minimum atomic E-state index is -4.47. The molecule has 0 saturated carbocycles. The lowest BCUT2D eigenvalue weighted by molar-refractivity contribution is -0.137. The number of alkyl halides is 3. The largest absolute Gasteiger partial charge is 0.416 e. The third kappa shape index (κ3) is 5.54. The Bertz CT molecular complexity index is 1300. The molecule has 0 radical (unpaired) electrons. The molecule has 3 aromatic rings. The van der Waals surface area contributed by atoms with Gasteiger partial charge in [0, 0.05) is 24.3 Å². The predicted molar refractivity (Wildman–Crippen MR) is 121 cm³/mol. The molecule has 1 aliphatic heterocycles. The van der Waals surface area contributed by atoms with E-state index in [0.29, 0.717) is 18.8 Å². The molecule has 0 unspecified atom stereocenters. The monoisotopic (exact) mass is 508 g/mol. The number of aromatic nitrogens is 2. The van der Waals surface area contributed by atoms with Crippen LogP contribution in [0.3, 0.4) is 0 Å². The molecule has 12 heteroatoms. The van der Waals surface area contributed by atoms with Gasteiger partial charge in [0.2, 0.25) is 15.9 Å². The Morgan fingerprint density at radius 1 is 1.00 bits per heavy atom. The molecule has 4 rings (SSSR count). The Balaban J connectivity index is 1.43. The van der Waals surface area contributed by atoms with Crippen LogP contribution in [0.2, 0.25) is 0 Å². The Morgan fingerprint density at radius 3 is 2.17 bits per heavy atom. The zero-order valence-electron chi connectivity index (χ0n) is 18.9. The summed E-state index contributed by atoms with van der Waals surface area (Å²) in [5, 5.41) is 9.88. The van der Waals surface area contributed by atoms with Crippen LogP contribution in [0, 0.1) is 11.8 Å². The van der Waals surface area contributed by atoms with Gasteiger partial charge in [-0.25, -0.2) is 8.42 Å². The Hall–Kier alpha value is -3.25. The van der Waals surface area contributed by atoms with E-state index in [0.717, 1.165) is 18.6 Å². The quantitative estimate of drug-likeness (QED) is 0.537. The van der Waals surface area contributed by atoms with Crippen molar-refractivity contribution in [3.05, 3.63) is 60.0 Å². The van der Waals surface area contributed by atoms with Crippen LogP contribution in [0.15, 0.2) is 57.8 Å². The van der Waals surface area contributed by atoms with Gasteiger partial charge in [-0.1, -0.05) is 13.8 Å². The summed E-state index contributed by atoms with van der Waals surface area (Å²) in [6.07, 6.45) is -3.49. The van der Waals surface area contributed by atoms with Gasteiger partial charge in [-0.15, -0.1) is 10.2 Å². The van der Waals surface area contributed by atoms with Crippen molar-refractivity contribution in [2.75, 3.05) is 18.4 Å². The van der Waals surface area contributed by atoms with Crippen LogP contribution in [0.5, 0.6) is 0 Å². The molecule has 1 N–H and O–H groups in total. The fourth-order valence-corrected chi connectivity index (χ4v) is 5.76. The maximum absolute atomic E-state index is 13.0. The topological polar surface area (TPSA) is 105 Å². The van der Waals surface area contributed by atoms with Crippen molar-refractivity contribution >= 4 is 21.6 Å². The number of halogens is 3. The highest BCUT2D eigenvalue weighted by Gasteiger charge is 2.32. The molecule has 8 nitrogen and oxygen atoms in total. The van der Waals surface area contributed by atoms with E-state index in [4.69, 9.17) is 4.42 Å². The highest BCUT2D eigenvalue weighted by Crippen LogP contribution is 2.31. The molecule has 0 spiro atoms. The highest BCUT2D eigenvalue weighted by molar-refractivity contribution is 7.89. The van der Waals surface area contributed by atoms with Gasteiger partial charge in [0.15, 0.2) is 0 Å². The van der Waals surface area contributed by atoms with Crippen LogP contribution in [-0.4, -0.2) is 41.9 Å². The van der Waals surface area contributed by atoms with E-state index in [2.05, 4.69) is 15.5 Å². The van der Waals surface area contributed by atoms with E-state index in [1.807, 2.05) is 13.8 Å². The second kappa shape index (κ2) is 9.42. The van der Waals surface area contributed by atoms with Crippen molar-refractivity contribution in [2.45, 2.75) is 31.3 Å². The molecule has 2 aromatic carbocycles. The van der Waals surface area contributed by atoms with E-state index in [1.54, 1.807) is 0 Å². The highest BCUT2D eigenvalue weighted by atomic mass is 32.2. The summed E-state index contributed by atoms with van der Waals surface area (Å²) in [4.78, 5) is 12.6. The first-order chi connectivity index (χ1) is 16.4. The maximum atomic E-state index is 13.0. The standard InChI is InChI=1S/C23H23F3N4O4S/c1-14-11-15(2)13-30(12-14)35(32,33)19-9-7-18(8-10-19)27-20(31)22-29-28-21(34-22)16-3-5-17(6-4-16)23(24,25)26/h3-10,14-15H,11-13H2,1-2H3,(H,27,31)/t14-,15+. The Kier molecular flexibility index (Phi) is 6.69. The first kappa shape index (κ1) is 24.9. The number of amides is 1. The lowest BCUT2D eigenvalue weighted by Crippen LogP contribution is -2.42. The number of anilines is 1. The van der Waals surface area contributed by atoms with Crippen LogP contribution < -0.4 is 5.32 Å². The predicted octanol–water partition coefficient (Wildman–Crippen LogP) is 4.67. The molecule has 1 saturated heterocycles. The number of hydrogen-bond donors (Lipinski definition) is 1. The fourth-order valence-electron chi connectivity index (χ4n) is 4.08. The summed E-state index contributed by atoms with van der Waals surface area (Å²) >= 11 is 0. The van der Waals surface area contributed by atoms with Crippen molar-refractivity contribution in [3.63, 3.8) is 0 Å². The number of benzene rings is 2. The molecule has 35 heavy (non-hydrogen) atoms. The summed E-state index contributed by atoms with van der Waals surface area (Å²) in [6.45, 7) is 4.97. The number of nitrogens with zero attached hydrogens (tertiary/aromatic N) is 3. The minimum Gasteiger partial charge on any atom is -0.412 e. The number of sulfonamides is 1. The summed E-state index contributed by atoms with van der Waals surface area (Å²) in [5.74, 6) is -0.712. The molecule has 0 aliphatic carbocycles. The van der Waals surface area contributed by atoms with Gasteiger partial charge in [-0.2, -0.15) is 17.5 Å². The van der Waals surface area contributed by atoms with E-state index in [9.17, 15) is 26.4 Å². The lowest BCUT2D eigenvalue weighted by atomic mass is 9.94. The van der Waals surface area contributed by atoms with E-state index < -0.39 is 33.6 Å². The summed E-state index contributed by atoms with van der Waals surface area (Å²) in [7, 11) is -3.66. The van der Waals surface area contributed by atoms with Crippen molar-refractivity contribution in [1.82, 2.24) is 14.5 Å². The first-order valence-electron chi connectivity index (χ1n) is 10.9. The van der Waals surface area contributed by atoms with E-state index in [-0.39, 0.29) is 28.2 Å². The van der Waals surface area contributed by atoms with Crippen LogP contribution in [-0.2, 0) is 16.2 Å². The van der Waals surface area contributed by atoms with Gasteiger partial charge < -0.3 is 9.73 Å². The number of piperidine rings is 1. The second-order valence-electron chi connectivity index (χ2n) is 8.73. The zero-order valence-corrected chi connectivity index (χ0v) is 19.7. The van der Waals surface area contributed by atoms with Crippen LogP contribution >= 0.6 is 0 Å². The molecule has 1 aliphatic rings. The van der Waals surface area contributed by atoms with Crippen molar-refractivity contribution in [2.24, 2.45) is 11.8 Å². The Labute approximate surface area is 200 Å². The maximum Gasteiger partial charge on any atom is 0.416 e. The summed E-state index contributed by atoms with van der Waals surface area (Å²) < 4.78 is 70.9. The average Bonchev–Trinajstić information content (AvgIpc) is 3.29. The molecule has 2 atom stereocenters. The van der Waals surface area contributed by atoms with Gasteiger partial charge in [0.05, 0.1) is 10.5 Å². The number of nitrogens with one attached hydrogen (secondary N) is 1. The van der Waals surface area contributed by atoms with Gasteiger partial charge in [-0.3, -0.25) is 4.79 Å². The molecule has 186 valence electrons. The van der Waals surface area contributed by atoms with Gasteiger partial charge in [0.25, 0.3) is 0 Å². The Morgan fingerprint density at radius 2 is 1.60 bits per heavy atom. The average molecular weight is 509 g/mol. The second-order valence-corrected chi connectivity index (χ2v) is 10.7. The van der Waals surface area contributed by atoms with Gasteiger partial charge in [0.1, 0.15) is 0 Å². The van der Waals surface area contributed by atoms with Crippen molar-refractivity contribution in [3.8, 4) is 11.5 Å². The first-order valence-corrected chi connectivity index (χ1v) is 12.3. The molecule has 1 aromatic heterocycles. The SMILES string of the molecule is C[C@@H]1C[C@H](C)CN(S(=O)(=O)c2ccc(NC(=O)c3nnc(-c4ccc(C(F)(F)F)cc4)o3)cc2)C1. The third-order valence-corrected chi connectivity index (χ3v) is 7.51. The molecule has 1 amide bonds. The molecule has 1 fully saturated rings. The smallest absolute Gasteiger partial charge is 0.412 e. The normalized spacial score (nSPS) is 19.5. The number of hydrogen-bond acceptors (Lipinski definition) is 6. The molecular weight excluding hydrogens is 485 g/mol. The number of rotatable bonds is 5. The van der Waals surface area contributed by atoms with Crippen LogP contribution in [0.1, 0.15) is 36.5 Å². The summed E-state index contributed by atoms with van der Waals surface area (Å²) in [6, 6.07) is 9.82. The zero-order chi connectivity index (χ0) is 25.4. The lowest BCUT2D eigenvalue weighted by Gasteiger charge is -2.34. The summed E-state index contributed by atoms with van der Waals surface area (Å²) in [5.41, 5.74) is -0.294. The molecule has 2 heterocycles. The van der Waals surface area contributed by atoms with E-state index >= 15 is 0 Å². The number of carbonyl (C=O) groups excluding carboxylic acids is 1. The third-order valence-electron chi connectivity index (χ3n) is 5.66. The number of carbonyl (C=O) groups is 1.